The molecular formula is C14H18N2O. The monoisotopic (exact) mass is 230 g/mol. The van der Waals surface area contributed by atoms with Crippen LogP contribution in [0.25, 0.3) is 10.9 Å². The van der Waals surface area contributed by atoms with Crippen molar-refractivity contribution in [3.05, 3.63) is 45.7 Å². The smallest absolute Gasteiger partial charge is 0.251 e. The number of hydrogen-bond acceptors (Lipinski definition) is 2. The van der Waals surface area contributed by atoms with Crippen LogP contribution in [0.2, 0.25) is 0 Å². The zero-order chi connectivity index (χ0) is 12.3. The van der Waals surface area contributed by atoms with E-state index in [9.17, 15) is 4.79 Å². The van der Waals surface area contributed by atoms with Crippen LogP contribution < -0.4 is 11.3 Å². The maximum atomic E-state index is 11.9. The van der Waals surface area contributed by atoms with Crippen molar-refractivity contribution in [2.24, 2.45) is 5.73 Å². The Morgan fingerprint density at radius 1 is 1.24 bits per heavy atom. The maximum Gasteiger partial charge on any atom is 0.251 e. The summed E-state index contributed by atoms with van der Waals surface area (Å²) in [7, 11) is 0. The minimum absolute atomic E-state index is 0.0279. The SMILES string of the molecule is Cc1ccc2cc(CCCCN)c(=O)[nH]c2c1. The van der Waals surface area contributed by atoms with E-state index >= 15 is 0 Å². The van der Waals surface area contributed by atoms with E-state index < -0.39 is 0 Å². The minimum Gasteiger partial charge on any atom is -0.330 e. The highest BCUT2D eigenvalue weighted by atomic mass is 16.1. The van der Waals surface area contributed by atoms with Crippen LogP contribution in [0, 0.1) is 6.92 Å². The van der Waals surface area contributed by atoms with E-state index in [1.54, 1.807) is 0 Å². The molecule has 0 saturated carbocycles. The van der Waals surface area contributed by atoms with Gasteiger partial charge in [-0.1, -0.05) is 12.1 Å². The van der Waals surface area contributed by atoms with Gasteiger partial charge in [0.1, 0.15) is 0 Å². The van der Waals surface area contributed by atoms with E-state index in [0.717, 1.165) is 41.3 Å². The molecule has 0 fully saturated rings. The molecule has 0 aliphatic rings. The number of aromatic nitrogens is 1. The van der Waals surface area contributed by atoms with Gasteiger partial charge in [-0.2, -0.15) is 0 Å². The maximum absolute atomic E-state index is 11.9. The Morgan fingerprint density at radius 3 is 2.82 bits per heavy atom. The average Bonchev–Trinajstić information content (AvgIpc) is 2.30. The summed E-state index contributed by atoms with van der Waals surface area (Å²) < 4.78 is 0. The summed E-state index contributed by atoms with van der Waals surface area (Å²) in [6.45, 7) is 2.71. The first kappa shape index (κ1) is 11.9. The van der Waals surface area contributed by atoms with Gasteiger partial charge in [0, 0.05) is 11.1 Å². The summed E-state index contributed by atoms with van der Waals surface area (Å²) in [4.78, 5) is 14.8. The second kappa shape index (κ2) is 5.15. The van der Waals surface area contributed by atoms with Crippen LogP contribution in [0.3, 0.4) is 0 Å². The second-order valence-corrected chi connectivity index (χ2v) is 4.46. The second-order valence-electron chi connectivity index (χ2n) is 4.46. The topological polar surface area (TPSA) is 58.9 Å². The summed E-state index contributed by atoms with van der Waals surface area (Å²) in [5.41, 5.74) is 8.41. The van der Waals surface area contributed by atoms with Crippen LogP contribution in [0.1, 0.15) is 24.0 Å². The highest BCUT2D eigenvalue weighted by Crippen LogP contribution is 2.13. The van der Waals surface area contributed by atoms with Gasteiger partial charge in [0.2, 0.25) is 0 Å². The molecule has 0 spiro atoms. The summed E-state index contributed by atoms with van der Waals surface area (Å²) in [6, 6.07) is 8.10. The normalized spacial score (nSPS) is 10.9. The number of hydrogen-bond donors (Lipinski definition) is 2. The Balaban J connectivity index is 2.35. The molecule has 0 unspecified atom stereocenters. The van der Waals surface area contributed by atoms with Crippen molar-refractivity contribution in [1.29, 1.82) is 0 Å². The molecule has 3 heteroatoms. The molecule has 0 amide bonds. The molecule has 1 heterocycles. The number of aryl methyl sites for hydroxylation is 2. The van der Waals surface area contributed by atoms with Gasteiger partial charge in [0.25, 0.3) is 5.56 Å². The number of aromatic amines is 1. The van der Waals surface area contributed by atoms with Gasteiger partial charge in [0.05, 0.1) is 0 Å². The lowest BCUT2D eigenvalue weighted by molar-refractivity contribution is 0.740. The molecule has 17 heavy (non-hydrogen) atoms. The van der Waals surface area contributed by atoms with Crippen molar-refractivity contribution in [3.8, 4) is 0 Å². The van der Waals surface area contributed by atoms with E-state index in [-0.39, 0.29) is 5.56 Å². The molecule has 0 atom stereocenters. The van der Waals surface area contributed by atoms with Gasteiger partial charge in [0.15, 0.2) is 0 Å². The average molecular weight is 230 g/mol. The molecule has 2 aromatic rings. The van der Waals surface area contributed by atoms with Crippen molar-refractivity contribution in [2.75, 3.05) is 6.54 Å². The number of H-pyrrole nitrogens is 1. The summed E-state index contributed by atoms with van der Waals surface area (Å²) >= 11 is 0. The number of fused-ring (bicyclic) bond motifs is 1. The molecule has 3 nitrogen and oxygen atoms in total. The predicted octanol–water partition coefficient (Wildman–Crippen LogP) is 2.12. The van der Waals surface area contributed by atoms with Gasteiger partial charge in [-0.15, -0.1) is 0 Å². The summed E-state index contributed by atoms with van der Waals surface area (Å²) in [5, 5.41) is 1.10. The van der Waals surface area contributed by atoms with Crippen LogP contribution in [-0.4, -0.2) is 11.5 Å². The predicted molar refractivity (Wildman–Crippen MR) is 71.3 cm³/mol. The van der Waals surface area contributed by atoms with Crippen molar-refractivity contribution in [2.45, 2.75) is 26.2 Å². The molecule has 90 valence electrons. The van der Waals surface area contributed by atoms with Crippen LogP contribution in [0.4, 0.5) is 0 Å². The Labute approximate surface area is 101 Å². The first-order valence-corrected chi connectivity index (χ1v) is 6.03. The molecule has 0 bridgehead atoms. The minimum atomic E-state index is 0.0279. The molecule has 1 aromatic heterocycles. The van der Waals surface area contributed by atoms with E-state index in [0.29, 0.717) is 6.54 Å². The summed E-state index contributed by atoms with van der Waals surface area (Å²) in [5.74, 6) is 0. The lowest BCUT2D eigenvalue weighted by atomic mass is 10.1. The third-order valence-corrected chi connectivity index (χ3v) is 2.98. The number of nitrogens with one attached hydrogen (secondary N) is 1. The van der Waals surface area contributed by atoms with Crippen LogP contribution in [0.5, 0.6) is 0 Å². The number of benzene rings is 1. The molecule has 0 saturated heterocycles. The molecule has 3 N–H and O–H groups in total. The molecular weight excluding hydrogens is 212 g/mol. The zero-order valence-electron chi connectivity index (χ0n) is 10.1. The molecule has 1 aromatic carbocycles. The largest absolute Gasteiger partial charge is 0.330 e. The number of nitrogens with two attached hydrogens (primary N) is 1. The standard InChI is InChI=1S/C14H18N2O/c1-10-5-6-11-9-12(4-2-3-7-15)14(17)16-13(11)8-10/h5-6,8-9H,2-4,7,15H2,1H3,(H,16,17). The molecule has 2 rings (SSSR count). The van der Waals surface area contributed by atoms with Gasteiger partial charge in [-0.25, -0.2) is 0 Å². The van der Waals surface area contributed by atoms with Crippen LogP contribution >= 0.6 is 0 Å². The first-order valence-electron chi connectivity index (χ1n) is 6.03. The Bertz CT molecular complexity index is 572. The van der Waals surface area contributed by atoms with Crippen molar-refractivity contribution >= 4 is 10.9 Å². The summed E-state index contributed by atoms with van der Waals surface area (Å²) in [6.07, 6.45) is 2.73. The molecule has 0 radical (unpaired) electrons. The van der Waals surface area contributed by atoms with Gasteiger partial charge < -0.3 is 10.7 Å². The van der Waals surface area contributed by atoms with E-state index in [4.69, 9.17) is 5.73 Å². The quantitative estimate of drug-likeness (QED) is 0.790. The lowest BCUT2D eigenvalue weighted by Crippen LogP contribution is -2.12. The van der Waals surface area contributed by atoms with Gasteiger partial charge in [-0.05, 0) is 55.8 Å². The fourth-order valence-electron chi connectivity index (χ4n) is 2.01. The highest BCUT2D eigenvalue weighted by molar-refractivity contribution is 5.79. The van der Waals surface area contributed by atoms with Gasteiger partial charge >= 0.3 is 0 Å². The van der Waals surface area contributed by atoms with E-state index in [2.05, 4.69) is 11.1 Å². The Hall–Kier alpha value is -1.61. The Morgan fingerprint density at radius 2 is 2.06 bits per heavy atom. The van der Waals surface area contributed by atoms with Crippen molar-refractivity contribution < 1.29 is 0 Å². The fraction of sp³-hybridized carbons (Fsp3) is 0.357. The zero-order valence-corrected chi connectivity index (χ0v) is 10.1. The lowest BCUT2D eigenvalue weighted by Gasteiger charge is -2.04. The van der Waals surface area contributed by atoms with Crippen LogP contribution in [-0.2, 0) is 6.42 Å². The highest BCUT2D eigenvalue weighted by Gasteiger charge is 2.02. The van der Waals surface area contributed by atoms with Crippen molar-refractivity contribution in [3.63, 3.8) is 0 Å². The van der Waals surface area contributed by atoms with Crippen LogP contribution in [0.15, 0.2) is 29.1 Å². The first-order chi connectivity index (χ1) is 8.20. The number of rotatable bonds is 4. The third kappa shape index (κ3) is 2.74. The third-order valence-electron chi connectivity index (χ3n) is 2.98. The van der Waals surface area contributed by atoms with E-state index in [1.807, 2.05) is 25.1 Å². The van der Waals surface area contributed by atoms with Crippen molar-refractivity contribution in [1.82, 2.24) is 4.98 Å². The molecule has 0 aliphatic heterocycles. The number of pyridine rings is 1. The van der Waals surface area contributed by atoms with E-state index in [1.165, 1.54) is 0 Å². The Kier molecular flexibility index (Phi) is 3.59. The number of unbranched alkanes of at least 4 members (excludes halogenated alkanes) is 1. The fourth-order valence-corrected chi connectivity index (χ4v) is 2.01. The molecule has 0 aliphatic carbocycles. The van der Waals surface area contributed by atoms with Gasteiger partial charge in [-0.3, -0.25) is 4.79 Å².